The zero-order valence-corrected chi connectivity index (χ0v) is 21.7. The lowest BCUT2D eigenvalue weighted by Gasteiger charge is -2.14. The highest BCUT2D eigenvalue weighted by molar-refractivity contribution is 9.10. The zero-order chi connectivity index (χ0) is 25.3. The Balaban J connectivity index is 1.64. The van der Waals surface area contributed by atoms with Crippen LogP contribution in [0.4, 0.5) is 11.4 Å². The molecule has 0 saturated heterocycles. The Labute approximate surface area is 219 Å². The SMILES string of the molecule is Cc1ccc(NC(=O)c2cc3cc(Br)ccc3n2NC(=O)C(=O)Nc2cccc(Cl)c2C)cc1Cl. The molecule has 0 atom stereocenters. The van der Waals surface area contributed by atoms with Gasteiger partial charge in [0, 0.05) is 31.3 Å². The van der Waals surface area contributed by atoms with Crippen molar-refractivity contribution in [3.8, 4) is 0 Å². The largest absolute Gasteiger partial charge is 0.328 e. The van der Waals surface area contributed by atoms with E-state index in [1.54, 1.807) is 67.6 Å². The Morgan fingerprint density at radius 3 is 2.37 bits per heavy atom. The highest BCUT2D eigenvalue weighted by atomic mass is 79.9. The molecule has 0 fully saturated rings. The van der Waals surface area contributed by atoms with E-state index in [1.807, 2.05) is 6.92 Å². The summed E-state index contributed by atoms with van der Waals surface area (Å²) in [6.45, 7) is 3.59. The zero-order valence-electron chi connectivity index (χ0n) is 18.6. The first-order valence-electron chi connectivity index (χ1n) is 10.4. The molecule has 1 heterocycles. The van der Waals surface area contributed by atoms with Crippen LogP contribution in [-0.4, -0.2) is 22.4 Å². The van der Waals surface area contributed by atoms with Crippen LogP contribution in [0.1, 0.15) is 21.6 Å². The fourth-order valence-electron chi connectivity index (χ4n) is 3.41. The van der Waals surface area contributed by atoms with Gasteiger partial charge in [-0.1, -0.05) is 51.3 Å². The number of nitrogens with one attached hydrogen (secondary N) is 3. The van der Waals surface area contributed by atoms with Crippen LogP contribution < -0.4 is 16.1 Å². The molecular formula is C25H19BrCl2N4O3. The van der Waals surface area contributed by atoms with Crippen LogP contribution in [0.15, 0.2) is 65.1 Å². The number of amides is 3. The van der Waals surface area contributed by atoms with Gasteiger partial charge in [-0.25, -0.2) is 4.68 Å². The van der Waals surface area contributed by atoms with Crippen molar-refractivity contribution in [2.45, 2.75) is 13.8 Å². The minimum absolute atomic E-state index is 0.120. The van der Waals surface area contributed by atoms with Crippen LogP contribution in [-0.2, 0) is 9.59 Å². The van der Waals surface area contributed by atoms with Gasteiger partial charge < -0.3 is 10.6 Å². The summed E-state index contributed by atoms with van der Waals surface area (Å²) in [5.74, 6) is -2.37. The van der Waals surface area contributed by atoms with E-state index in [0.717, 1.165) is 10.0 Å². The van der Waals surface area contributed by atoms with E-state index in [2.05, 4.69) is 32.0 Å². The fraction of sp³-hybridized carbons (Fsp3) is 0.0800. The molecule has 0 unspecified atom stereocenters. The van der Waals surface area contributed by atoms with Gasteiger partial charge in [0.25, 0.3) is 5.91 Å². The monoisotopic (exact) mass is 572 g/mol. The third-order valence-electron chi connectivity index (χ3n) is 5.36. The molecule has 0 bridgehead atoms. The maximum absolute atomic E-state index is 13.2. The van der Waals surface area contributed by atoms with Gasteiger partial charge in [-0.05, 0) is 73.5 Å². The quantitative estimate of drug-likeness (QED) is 0.251. The van der Waals surface area contributed by atoms with Crippen LogP contribution in [0.3, 0.4) is 0 Å². The summed E-state index contributed by atoms with van der Waals surface area (Å²) in [6.07, 6.45) is 0. The molecule has 178 valence electrons. The van der Waals surface area contributed by atoms with Gasteiger partial charge in [0.1, 0.15) is 5.69 Å². The molecule has 1 aromatic heterocycles. The Bertz CT molecular complexity index is 1500. The van der Waals surface area contributed by atoms with Crippen LogP contribution in [0.25, 0.3) is 10.9 Å². The maximum atomic E-state index is 13.2. The standard InChI is InChI=1S/C25H19BrCl2N4O3/c1-13-6-8-17(12-19(13)28)29-23(33)22-11-15-10-16(26)7-9-21(15)32(22)31-25(35)24(34)30-20-5-3-4-18(27)14(20)2/h3-12H,1-2H3,(H,29,33)(H,30,34)(H,31,35). The van der Waals surface area contributed by atoms with Gasteiger partial charge in [-0.2, -0.15) is 0 Å². The van der Waals surface area contributed by atoms with Gasteiger partial charge >= 0.3 is 11.8 Å². The van der Waals surface area contributed by atoms with E-state index in [9.17, 15) is 14.4 Å². The molecule has 4 rings (SSSR count). The summed E-state index contributed by atoms with van der Waals surface area (Å²) in [5.41, 5.74) is 5.57. The number of aryl methyl sites for hydroxylation is 1. The van der Waals surface area contributed by atoms with Crippen LogP contribution in [0.5, 0.6) is 0 Å². The number of carbonyl (C=O) groups is 3. The second kappa shape index (κ2) is 10.1. The maximum Gasteiger partial charge on any atom is 0.328 e. The van der Waals surface area contributed by atoms with Gasteiger partial charge in [0.2, 0.25) is 0 Å². The lowest BCUT2D eigenvalue weighted by molar-refractivity contribution is -0.133. The van der Waals surface area contributed by atoms with Crippen LogP contribution in [0.2, 0.25) is 10.0 Å². The Morgan fingerprint density at radius 1 is 0.857 bits per heavy atom. The normalized spacial score (nSPS) is 10.8. The summed E-state index contributed by atoms with van der Waals surface area (Å²) in [6, 6.07) is 17.0. The summed E-state index contributed by atoms with van der Waals surface area (Å²) in [7, 11) is 0. The van der Waals surface area contributed by atoms with Crippen molar-refractivity contribution in [3.05, 3.63) is 92.0 Å². The molecule has 0 aliphatic carbocycles. The molecule has 0 spiro atoms. The van der Waals surface area contributed by atoms with E-state index in [0.29, 0.717) is 37.9 Å². The lowest BCUT2D eigenvalue weighted by Crippen LogP contribution is -2.36. The molecule has 3 aromatic carbocycles. The van der Waals surface area contributed by atoms with Crippen molar-refractivity contribution in [2.24, 2.45) is 0 Å². The van der Waals surface area contributed by atoms with Crippen molar-refractivity contribution >= 4 is 79.1 Å². The van der Waals surface area contributed by atoms with Crippen LogP contribution in [0, 0.1) is 13.8 Å². The minimum atomic E-state index is -0.961. The summed E-state index contributed by atoms with van der Waals surface area (Å²) >= 11 is 15.7. The predicted octanol–water partition coefficient (Wildman–Crippen LogP) is 6.29. The smallest absolute Gasteiger partial charge is 0.321 e. The summed E-state index contributed by atoms with van der Waals surface area (Å²) < 4.78 is 2.07. The first kappa shape index (κ1) is 24.8. The Morgan fingerprint density at radius 2 is 1.63 bits per heavy atom. The highest BCUT2D eigenvalue weighted by Gasteiger charge is 2.22. The molecule has 35 heavy (non-hydrogen) atoms. The third-order valence-corrected chi connectivity index (χ3v) is 6.67. The molecule has 7 nitrogen and oxygen atoms in total. The first-order chi connectivity index (χ1) is 16.6. The third kappa shape index (κ3) is 5.35. The van der Waals surface area contributed by atoms with E-state index >= 15 is 0 Å². The molecule has 0 radical (unpaired) electrons. The van der Waals surface area contributed by atoms with Crippen LogP contribution >= 0.6 is 39.1 Å². The Hall–Kier alpha value is -3.33. The number of benzene rings is 3. The van der Waals surface area contributed by atoms with Gasteiger partial charge in [0.15, 0.2) is 0 Å². The molecule has 0 aliphatic rings. The van der Waals surface area contributed by atoms with Crippen molar-refractivity contribution in [1.29, 1.82) is 0 Å². The average Bonchev–Trinajstić information content (AvgIpc) is 3.16. The Kier molecular flexibility index (Phi) is 7.16. The van der Waals surface area contributed by atoms with E-state index in [1.165, 1.54) is 4.68 Å². The van der Waals surface area contributed by atoms with Gasteiger partial charge in [-0.3, -0.25) is 19.8 Å². The molecule has 4 aromatic rings. The molecule has 10 heteroatoms. The lowest BCUT2D eigenvalue weighted by atomic mass is 10.2. The average molecular weight is 574 g/mol. The van der Waals surface area contributed by atoms with Crippen molar-refractivity contribution < 1.29 is 14.4 Å². The van der Waals surface area contributed by atoms with Gasteiger partial charge in [0.05, 0.1) is 5.52 Å². The fourth-order valence-corrected chi connectivity index (χ4v) is 4.15. The highest BCUT2D eigenvalue weighted by Crippen LogP contribution is 2.26. The van der Waals surface area contributed by atoms with E-state index in [4.69, 9.17) is 23.2 Å². The second-order valence-electron chi connectivity index (χ2n) is 7.79. The minimum Gasteiger partial charge on any atom is -0.321 e. The molecular weight excluding hydrogens is 555 g/mol. The second-order valence-corrected chi connectivity index (χ2v) is 9.52. The number of hydrogen-bond donors (Lipinski definition) is 3. The van der Waals surface area contributed by atoms with Gasteiger partial charge in [-0.15, -0.1) is 0 Å². The van der Waals surface area contributed by atoms with Crippen molar-refractivity contribution in [3.63, 3.8) is 0 Å². The number of carbonyl (C=O) groups excluding carboxylic acids is 3. The van der Waals surface area contributed by atoms with E-state index in [-0.39, 0.29) is 5.69 Å². The van der Waals surface area contributed by atoms with Crippen molar-refractivity contribution in [1.82, 2.24) is 4.68 Å². The number of fused-ring (bicyclic) bond motifs is 1. The topological polar surface area (TPSA) is 92.2 Å². The first-order valence-corrected chi connectivity index (χ1v) is 11.9. The molecule has 0 saturated carbocycles. The number of nitrogens with zero attached hydrogens (tertiary/aromatic N) is 1. The van der Waals surface area contributed by atoms with E-state index < -0.39 is 17.7 Å². The predicted molar refractivity (Wildman–Crippen MR) is 143 cm³/mol. The summed E-state index contributed by atoms with van der Waals surface area (Å²) in [4.78, 5) is 38.6. The van der Waals surface area contributed by atoms with Crippen molar-refractivity contribution in [2.75, 3.05) is 16.1 Å². The number of halogens is 3. The molecule has 0 aliphatic heterocycles. The number of aromatic nitrogens is 1. The number of anilines is 2. The number of hydrogen-bond acceptors (Lipinski definition) is 3. The molecule has 3 amide bonds. The summed E-state index contributed by atoms with van der Waals surface area (Å²) in [5, 5.41) is 6.97. The number of rotatable bonds is 4. The molecule has 3 N–H and O–H groups in total.